The lowest BCUT2D eigenvalue weighted by atomic mass is 10.1. The standard InChI is InChI=1S/C14H21N3O3/c1-2-17(10-11-6-5-9-20-11)14(19)16-12-7-3-4-8-15-13(12)18/h5-6,9,12H,2-4,7-8,10H2,1H3,(H,15,18)(H,16,19)/t12-/m0/s1. The van der Waals surface area contributed by atoms with Crippen LogP contribution in [0.2, 0.25) is 0 Å². The van der Waals surface area contributed by atoms with Crippen molar-refractivity contribution >= 4 is 11.9 Å². The number of amides is 3. The summed E-state index contributed by atoms with van der Waals surface area (Å²) < 4.78 is 5.25. The maximum Gasteiger partial charge on any atom is 0.318 e. The van der Waals surface area contributed by atoms with E-state index in [9.17, 15) is 9.59 Å². The van der Waals surface area contributed by atoms with Crippen LogP contribution in [0, 0.1) is 0 Å². The third kappa shape index (κ3) is 3.76. The molecule has 0 aliphatic carbocycles. The maximum absolute atomic E-state index is 12.2. The zero-order valence-electron chi connectivity index (χ0n) is 11.7. The minimum Gasteiger partial charge on any atom is -0.467 e. The number of hydrogen-bond donors (Lipinski definition) is 2. The Morgan fingerprint density at radius 2 is 2.40 bits per heavy atom. The lowest BCUT2D eigenvalue weighted by Gasteiger charge is -2.23. The molecule has 0 radical (unpaired) electrons. The molecule has 2 heterocycles. The van der Waals surface area contributed by atoms with Gasteiger partial charge in [0.15, 0.2) is 0 Å². The maximum atomic E-state index is 12.2. The Morgan fingerprint density at radius 1 is 1.55 bits per heavy atom. The van der Waals surface area contributed by atoms with Crippen molar-refractivity contribution in [3.63, 3.8) is 0 Å². The highest BCUT2D eigenvalue weighted by Crippen LogP contribution is 2.08. The predicted octanol–water partition coefficient (Wildman–Crippen LogP) is 1.48. The van der Waals surface area contributed by atoms with Gasteiger partial charge in [-0.05, 0) is 38.3 Å². The molecule has 1 atom stereocenters. The first kappa shape index (κ1) is 14.4. The smallest absolute Gasteiger partial charge is 0.318 e. The van der Waals surface area contributed by atoms with Crippen molar-refractivity contribution in [1.82, 2.24) is 15.5 Å². The number of carbonyl (C=O) groups is 2. The molecule has 6 heteroatoms. The van der Waals surface area contributed by atoms with E-state index >= 15 is 0 Å². The fraction of sp³-hybridized carbons (Fsp3) is 0.571. The first-order valence-corrected chi connectivity index (χ1v) is 7.06. The van der Waals surface area contributed by atoms with Crippen LogP contribution in [-0.4, -0.2) is 36.0 Å². The summed E-state index contributed by atoms with van der Waals surface area (Å²) in [7, 11) is 0. The minimum absolute atomic E-state index is 0.0927. The Bertz CT molecular complexity index is 445. The van der Waals surface area contributed by atoms with Gasteiger partial charge in [-0.1, -0.05) is 0 Å². The van der Waals surface area contributed by atoms with Gasteiger partial charge in [0.05, 0.1) is 12.8 Å². The summed E-state index contributed by atoms with van der Waals surface area (Å²) in [5.74, 6) is 0.636. The van der Waals surface area contributed by atoms with E-state index in [-0.39, 0.29) is 11.9 Å². The van der Waals surface area contributed by atoms with Crippen LogP contribution < -0.4 is 10.6 Å². The highest BCUT2D eigenvalue weighted by molar-refractivity contribution is 5.87. The van der Waals surface area contributed by atoms with Crippen molar-refractivity contribution < 1.29 is 14.0 Å². The molecule has 1 aliphatic rings. The summed E-state index contributed by atoms with van der Waals surface area (Å²) in [4.78, 5) is 25.7. The van der Waals surface area contributed by atoms with E-state index < -0.39 is 6.04 Å². The van der Waals surface area contributed by atoms with Gasteiger partial charge in [0.25, 0.3) is 0 Å². The normalized spacial score (nSPS) is 19.1. The molecule has 1 fully saturated rings. The fourth-order valence-electron chi connectivity index (χ4n) is 2.24. The lowest BCUT2D eigenvalue weighted by Crippen LogP contribution is -2.50. The zero-order chi connectivity index (χ0) is 14.4. The van der Waals surface area contributed by atoms with Crippen LogP contribution in [0.3, 0.4) is 0 Å². The van der Waals surface area contributed by atoms with Crippen LogP contribution in [0.5, 0.6) is 0 Å². The third-order valence-corrected chi connectivity index (χ3v) is 3.43. The van der Waals surface area contributed by atoms with E-state index in [1.165, 1.54) is 0 Å². The molecular formula is C14H21N3O3. The van der Waals surface area contributed by atoms with Crippen LogP contribution in [-0.2, 0) is 11.3 Å². The monoisotopic (exact) mass is 279 g/mol. The number of carbonyl (C=O) groups excluding carboxylic acids is 2. The molecule has 20 heavy (non-hydrogen) atoms. The van der Waals surface area contributed by atoms with Gasteiger partial charge in [-0.15, -0.1) is 0 Å². The Morgan fingerprint density at radius 3 is 3.10 bits per heavy atom. The van der Waals surface area contributed by atoms with Crippen molar-refractivity contribution in [3.8, 4) is 0 Å². The van der Waals surface area contributed by atoms with Crippen LogP contribution in [0.4, 0.5) is 4.79 Å². The van der Waals surface area contributed by atoms with E-state index in [0.717, 1.165) is 18.6 Å². The van der Waals surface area contributed by atoms with E-state index in [4.69, 9.17) is 4.42 Å². The van der Waals surface area contributed by atoms with Crippen molar-refractivity contribution in [2.75, 3.05) is 13.1 Å². The second-order valence-corrected chi connectivity index (χ2v) is 4.88. The van der Waals surface area contributed by atoms with Gasteiger partial charge < -0.3 is 20.0 Å². The van der Waals surface area contributed by atoms with Crippen LogP contribution in [0.25, 0.3) is 0 Å². The summed E-state index contributed by atoms with van der Waals surface area (Å²) in [6.07, 6.45) is 4.17. The van der Waals surface area contributed by atoms with Crippen molar-refractivity contribution in [2.45, 2.75) is 38.8 Å². The third-order valence-electron chi connectivity index (χ3n) is 3.43. The number of nitrogens with zero attached hydrogens (tertiary/aromatic N) is 1. The molecule has 0 spiro atoms. The Labute approximate surface area is 118 Å². The highest BCUT2D eigenvalue weighted by Gasteiger charge is 2.24. The van der Waals surface area contributed by atoms with E-state index in [0.29, 0.717) is 26.1 Å². The average Bonchev–Trinajstić information content (AvgIpc) is 2.87. The van der Waals surface area contributed by atoms with Crippen molar-refractivity contribution in [1.29, 1.82) is 0 Å². The summed E-state index contributed by atoms with van der Waals surface area (Å²) in [5, 5.41) is 5.62. The molecule has 6 nitrogen and oxygen atoms in total. The van der Waals surface area contributed by atoms with Crippen LogP contribution >= 0.6 is 0 Å². The summed E-state index contributed by atoms with van der Waals surface area (Å²) in [6.45, 7) is 3.55. The number of nitrogens with one attached hydrogen (secondary N) is 2. The second kappa shape index (κ2) is 6.98. The van der Waals surface area contributed by atoms with E-state index in [1.54, 1.807) is 17.2 Å². The largest absolute Gasteiger partial charge is 0.467 e. The van der Waals surface area contributed by atoms with Gasteiger partial charge in [0.2, 0.25) is 5.91 Å². The molecule has 1 aromatic heterocycles. The molecule has 0 unspecified atom stereocenters. The second-order valence-electron chi connectivity index (χ2n) is 4.88. The first-order chi connectivity index (χ1) is 9.70. The summed E-state index contributed by atoms with van der Waals surface area (Å²) in [5.41, 5.74) is 0. The van der Waals surface area contributed by atoms with Crippen molar-refractivity contribution in [3.05, 3.63) is 24.2 Å². The first-order valence-electron chi connectivity index (χ1n) is 7.06. The molecule has 0 aromatic carbocycles. The van der Waals surface area contributed by atoms with Gasteiger partial charge in [-0.3, -0.25) is 4.79 Å². The number of furan rings is 1. The highest BCUT2D eigenvalue weighted by atomic mass is 16.3. The number of urea groups is 1. The van der Waals surface area contributed by atoms with Crippen LogP contribution in [0.15, 0.2) is 22.8 Å². The fourth-order valence-corrected chi connectivity index (χ4v) is 2.24. The van der Waals surface area contributed by atoms with Gasteiger partial charge in [0.1, 0.15) is 11.8 Å². The van der Waals surface area contributed by atoms with Gasteiger partial charge in [0, 0.05) is 13.1 Å². The van der Waals surface area contributed by atoms with E-state index in [2.05, 4.69) is 10.6 Å². The molecule has 1 aliphatic heterocycles. The molecule has 0 saturated carbocycles. The van der Waals surface area contributed by atoms with Gasteiger partial charge in [-0.25, -0.2) is 4.79 Å². The van der Waals surface area contributed by atoms with Gasteiger partial charge >= 0.3 is 6.03 Å². The summed E-state index contributed by atoms with van der Waals surface area (Å²) in [6, 6.07) is 2.95. The molecule has 0 bridgehead atoms. The van der Waals surface area contributed by atoms with Crippen molar-refractivity contribution in [2.24, 2.45) is 0 Å². The quantitative estimate of drug-likeness (QED) is 0.876. The number of rotatable bonds is 4. The Balaban J connectivity index is 1.92. The molecule has 1 aromatic rings. The SMILES string of the molecule is CCN(Cc1ccco1)C(=O)N[C@H]1CCCCNC1=O. The molecular weight excluding hydrogens is 258 g/mol. The molecule has 1 saturated heterocycles. The molecule has 110 valence electrons. The number of hydrogen-bond acceptors (Lipinski definition) is 3. The predicted molar refractivity (Wildman–Crippen MR) is 74.0 cm³/mol. The van der Waals surface area contributed by atoms with Gasteiger partial charge in [-0.2, -0.15) is 0 Å². The topological polar surface area (TPSA) is 74.6 Å². The van der Waals surface area contributed by atoms with E-state index in [1.807, 2.05) is 13.0 Å². The van der Waals surface area contributed by atoms with Crippen LogP contribution in [0.1, 0.15) is 31.9 Å². The Hall–Kier alpha value is -1.98. The lowest BCUT2D eigenvalue weighted by molar-refractivity contribution is -0.122. The molecule has 3 amide bonds. The minimum atomic E-state index is -0.435. The molecule has 2 rings (SSSR count). The summed E-state index contributed by atoms with van der Waals surface area (Å²) >= 11 is 0. The zero-order valence-corrected chi connectivity index (χ0v) is 11.7. The molecule has 2 N–H and O–H groups in total. The average molecular weight is 279 g/mol. The Kier molecular flexibility index (Phi) is 5.03.